The van der Waals surface area contributed by atoms with Crippen LogP contribution in [0.5, 0.6) is 0 Å². The number of benzene rings is 2. The lowest BCUT2D eigenvalue weighted by molar-refractivity contribution is -0.204. The number of nitrogens with one attached hydrogen (secondary N) is 2. The van der Waals surface area contributed by atoms with Gasteiger partial charge in [-0.2, -0.15) is 18.4 Å². The normalized spacial score (nSPS) is 13.0. The number of carbonyl (C=O) groups is 2. The highest BCUT2D eigenvalue weighted by atomic mass is 19.4. The van der Waals surface area contributed by atoms with Crippen molar-refractivity contribution in [3.05, 3.63) is 65.7 Å². The number of amides is 1. The summed E-state index contributed by atoms with van der Waals surface area (Å²) in [5, 5.41) is 12.6. The predicted octanol–water partition coefficient (Wildman–Crippen LogP) is 3.22. The SMILES string of the molecule is CCOC(=O)C(NC(=O)c1ccccc1)(Nc1ccc(C#N)cc1)C(F)(F)F. The predicted molar refractivity (Wildman–Crippen MR) is 94.1 cm³/mol. The average molecular weight is 391 g/mol. The minimum absolute atomic E-state index is 0.0675. The quantitative estimate of drug-likeness (QED) is 0.583. The molecule has 1 atom stereocenters. The van der Waals surface area contributed by atoms with E-state index in [9.17, 15) is 22.8 Å². The molecule has 2 rings (SSSR count). The van der Waals surface area contributed by atoms with E-state index in [1.54, 1.807) is 11.4 Å². The molecule has 9 heteroatoms. The fourth-order valence-electron chi connectivity index (χ4n) is 2.31. The van der Waals surface area contributed by atoms with Crippen molar-refractivity contribution in [1.29, 1.82) is 5.26 Å². The molecule has 2 aromatic rings. The molecule has 1 unspecified atom stereocenters. The first-order valence-corrected chi connectivity index (χ1v) is 8.13. The molecule has 28 heavy (non-hydrogen) atoms. The molecule has 6 nitrogen and oxygen atoms in total. The van der Waals surface area contributed by atoms with Gasteiger partial charge >= 0.3 is 17.8 Å². The Morgan fingerprint density at radius 1 is 1.07 bits per heavy atom. The third kappa shape index (κ3) is 4.40. The number of halogens is 3. The van der Waals surface area contributed by atoms with Crippen molar-refractivity contribution in [2.24, 2.45) is 0 Å². The van der Waals surface area contributed by atoms with Gasteiger partial charge in [0.05, 0.1) is 18.2 Å². The van der Waals surface area contributed by atoms with E-state index in [0.29, 0.717) is 0 Å². The van der Waals surface area contributed by atoms with Crippen LogP contribution in [0.15, 0.2) is 54.6 Å². The van der Waals surface area contributed by atoms with Crippen molar-refractivity contribution in [2.75, 3.05) is 11.9 Å². The van der Waals surface area contributed by atoms with Crippen LogP contribution in [0.25, 0.3) is 0 Å². The Morgan fingerprint density at radius 2 is 1.68 bits per heavy atom. The van der Waals surface area contributed by atoms with Crippen LogP contribution < -0.4 is 10.6 Å². The Balaban J connectivity index is 2.49. The molecular weight excluding hydrogens is 375 g/mol. The second-order valence-electron chi connectivity index (χ2n) is 5.60. The van der Waals surface area contributed by atoms with Gasteiger partial charge in [0.2, 0.25) is 0 Å². The first-order chi connectivity index (χ1) is 13.2. The molecule has 0 heterocycles. The van der Waals surface area contributed by atoms with Gasteiger partial charge in [-0.05, 0) is 43.3 Å². The number of rotatable bonds is 6. The maximum atomic E-state index is 14.0. The minimum Gasteiger partial charge on any atom is -0.463 e. The molecule has 2 N–H and O–H groups in total. The summed E-state index contributed by atoms with van der Waals surface area (Å²) in [6, 6.07) is 13.9. The van der Waals surface area contributed by atoms with Gasteiger partial charge in [-0.25, -0.2) is 4.79 Å². The molecule has 0 spiro atoms. The monoisotopic (exact) mass is 391 g/mol. The summed E-state index contributed by atoms with van der Waals surface area (Å²) in [5.74, 6) is -2.83. The lowest BCUT2D eigenvalue weighted by Crippen LogP contribution is -2.69. The van der Waals surface area contributed by atoms with Crippen LogP contribution in [-0.4, -0.2) is 30.3 Å². The van der Waals surface area contributed by atoms with Gasteiger partial charge < -0.3 is 15.4 Å². The van der Waals surface area contributed by atoms with Crippen LogP contribution in [0.3, 0.4) is 0 Å². The van der Waals surface area contributed by atoms with E-state index in [1.165, 1.54) is 55.5 Å². The van der Waals surface area contributed by atoms with Crippen LogP contribution in [-0.2, 0) is 9.53 Å². The molecule has 1 amide bonds. The Hall–Kier alpha value is -3.54. The van der Waals surface area contributed by atoms with Crippen molar-refractivity contribution >= 4 is 17.6 Å². The second kappa shape index (κ2) is 8.43. The molecule has 2 aromatic carbocycles. The average Bonchev–Trinajstić information content (AvgIpc) is 2.67. The third-order valence-corrected chi connectivity index (χ3v) is 3.69. The molecule has 146 valence electrons. The van der Waals surface area contributed by atoms with Gasteiger partial charge in [-0.15, -0.1) is 0 Å². The van der Waals surface area contributed by atoms with E-state index in [-0.39, 0.29) is 23.4 Å². The van der Waals surface area contributed by atoms with Gasteiger partial charge in [-0.3, -0.25) is 4.79 Å². The number of alkyl halides is 3. The number of anilines is 1. The Morgan fingerprint density at radius 3 is 2.18 bits per heavy atom. The number of ether oxygens (including phenoxy) is 1. The molecule has 0 aliphatic carbocycles. The maximum Gasteiger partial charge on any atom is 0.441 e. The van der Waals surface area contributed by atoms with E-state index in [4.69, 9.17) is 5.26 Å². The lowest BCUT2D eigenvalue weighted by atomic mass is 10.1. The molecule has 0 bridgehead atoms. The Kier molecular flexibility index (Phi) is 6.26. The summed E-state index contributed by atoms with van der Waals surface area (Å²) < 4.78 is 46.7. The number of carbonyl (C=O) groups excluding carboxylic acids is 2. The van der Waals surface area contributed by atoms with Gasteiger partial charge in [0.1, 0.15) is 0 Å². The van der Waals surface area contributed by atoms with Gasteiger partial charge in [0.15, 0.2) is 0 Å². The summed E-state index contributed by atoms with van der Waals surface area (Å²) in [6.07, 6.45) is -5.24. The third-order valence-electron chi connectivity index (χ3n) is 3.69. The molecule has 0 aliphatic heterocycles. The minimum atomic E-state index is -5.24. The van der Waals surface area contributed by atoms with Crippen molar-refractivity contribution in [3.8, 4) is 6.07 Å². The fourth-order valence-corrected chi connectivity index (χ4v) is 2.31. The zero-order valence-electron chi connectivity index (χ0n) is 14.7. The molecule has 0 aliphatic rings. The van der Waals surface area contributed by atoms with Crippen molar-refractivity contribution in [1.82, 2.24) is 5.32 Å². The first kappa shape index (κ1) is 20.8. The Bertz CT molecular complexity index is 877. The number of nitriles is 1. The van der Waals surface area contributed by atoms with Crippen LogP contribution in [0.1, 0.15) is 22.8 Å². The number of hydrogen-bond acceptors (Lipinski definition) is 5. The summed E-state index contributed by atoms with van der Waals surface area (Å²) >= 11 is 0. The fraction of sp³-hybridized carbons (Fsp3) is 0.211. The van der Waals surface area contributed by atoms with E-state index in [2.05, 4.69) is 4.74 Å². The highest BCUT2D eigenvalue weighted by molar-refractivity contribution is 5.99. The topological polar surface area (TPSA) is 91.2 Å². The van der Waals surface area contributed by atoms with Crippen LogP contribution >= 0.6 is 0 Å². The molecule has 0 saturated heterocycles. The summed E-state index contributed by atoms with van der Waals surface area (Å²) in [5.41, 5.74) is -3.52. The first-order valence-electron chi connectivity index (χ1n) is 8.13. The number of nitrogens with zero attached hydrogens (tertiary/aromatic N) is 1. The second-order valence-corrected chi connectivity index (χ2v) is 5.60. The number of esters is 1. The van der Waals surface area contributed by atoms with Gasteiger partial charge in [0, 0.05) is 11.3 Å². The highest BCUT2D eigenvalue weighted by Gasteiger charge is 2.63. The lowest BCUT2D eigenvalue weighted by Gasteiger charge is -2.35. The Labute approximate surface area is 158 Å². The molecule has 0 radical (unpaired) electrons. The van der Waals surface area contributed by atoms with Crippen molar-refractivity contribution in [2.45, 2.75) is 18.8 Å². The van der Waals surface area contributed by atoms with Crippen molar-refractivity contribution < 1.29 is 27.5 Å². The summed E-state index contributed by atoms with van der Waals surface area (Å²) in [4.78, 5) is 24.7. The maximum absolute atomic E-state index is 14.0. The van der Waals surface area contributed by atoms with E-state index >= 15 is 0 Å². The highest BCUT2D eigenvalue weighted by Crippen LogP contribution is 2.33. The van der Waals surface area contributed by atoms with Crippen molar-refractivity contribution in [3.63, 3.8) is 0 Å². The molecule has 0 aromatic heterocycles. The smallest absolute Gasteiger partial charge is 0.441 e. The van der Waals surface area contributed by atoms with Crippen LogP contribution in [0.2, 0.25) is 0 Å². The molecule has 0 fully saturated rings. The van der Waals surface area contributed by atoms with Gasteiger partial charge in [-0.1, -0.05) is 18.2 Å². The largest absolute Gasteiger partial charge is 0.463 e. The van der Waals surface area contributed by atoms with E-state index in [1.807, 2.05) is 11.4 Å². The molecular formula is C19H16F3N3O3. The van der Waals surface area contributed by atoms with E-state index < -0.39 is 23.7 Å². The van der Waals surface area contributed by atoms with Crippen LogP contribution in [0, 0.1) is 11.3 Å². The zero-order valence-corrected chi connectivity index (χ0v) is 14.7. The summed E-state index contributed by atoms with van der Waals surface area (Å²) in [6.45, 7) is 1.02. The zero-order chi connectivity index (χ0) is 20.8. The van der Waals surface area contributed by atoms with E-state index in [0.717, 1.165) is 0 Å². The molecule has 0 saturated carbocycles. The standard InChI is InChI=1S/C19H16F3N3O3/c1-2-28-17(27)18(19(20,21)22,24-15-10-8-13(12-23)9-11-15)25-16(26)14-6-4-3-5-7-14/h3-11,24H,2H2,1H3,(H,25,26). The summed E-state index contributed by atoms with van der Waals surface area (Å²) in [7, 11) is 0. The van der Waals surface area contributed by atoms with Gasteiger partial charge in [0.25, 0.3) is 5.91 Å². The number of hydrogen-bond donors (Lipinski definition) is 2. The van der Waals surface area contributed by atoms with Crippen LogP contribution in [0.4, 0.5) is 18.9 Å².